The quantitative estimate of drug-likeness (QED) is 0.612. The lowest BCUT2D eigenvalue weighted by atomic mass is 10.1. The zero-order chi connectivity index (χ0) is 10.4. The van der Waals surface area contributed by atoms with E-state index < -0.39 is 6.10 Å². The molecular weight excluding hydrogens is 180 g/mol. The molecule has 4 nitrogen and oxygen atoms in total. The summed E-state index contributed by atoms with van der Waals surface area (Å²) >= 11 is 0. The van der Waals surface area contributed by atoms with Gasteiger partial charge in [0.05, 0.1) is 12.7 Å². The number of rotatable bonds is 5. The van der Waals surface area contributed by atoms with Crippen molar-refractivity contribution in [3.05, 3.63) is 29.6 Å². The van der Waals surface area contributed by atoms with Crippen molar-refractivity contribution in [3.63, 3.8) is 0 Å². The molecule has 0 aliphatic rings. The van der Waals surface area contributed by atoms with Crippen LogP contribution in [-0.2, 0) is 6.54 Å². The summed E-state index contributed by atoms with van der Waals surface area (Å²) in [4.78, 5) is 4.01. The molecule has 1 atom stereocenters. The molecule has 0 aromatic carbocycles. The van der Waals surface area contributed by atoms with Crippen molar-refractivity contribution in [3.8, 4) is 0 Å². The summed E-state index contributed by atoms with van der Waals surface area (Å²) in [5.74, 6) is 0. The second-order valence-corrected chi connectivity index (χ2v) is 3.27. The summed E-state index contributed by atoms with van der Waals surface area (Å²) in [5, 5.41) is 20.7. The Morgan fingerprint density at radius 2 is 2.36 bits per heavy atom. The summed E-state index contributed by atoms with van der Waals surface area (Å²) in [7, 11) is 0. The normalized spacial score (nSPS) is 12.8. The van der Waals surface area contributed by atoms with E-state index in [4.69, 9.17) is 10.2 Å². The standard InChI is InChI=1S/C10H16N2O2/c1-8-2-3-11-4-9(8)5-12-6-10(14)7-13/h2-4,10,12-14H,5-7H2,1H3/t10-/m0/s1. The zero-order valence-electron chi connectivity index (χ0n) is 8.27. The SMILES string of the molecule is Cc1ccncc1CNC[C@H](O)CO. The van der Waals surface area contributed by atoms with Crippen LogP contribution in [0.3, 0.4) is 0 Å². The Morgan fingerprint density at radius 3 is 3.00 bits per heavy atom. The molecule has 0 saturated carbocycles. The third-order valence-corrected chi connectivity index (χ3v) is 2.05. The first-order chi connectivity index (χ1) is 6.74. The van der Waals surface area contributed by atoms with Crippen LogP contribution in [0.5, 0.6) is 0 Å². The third-order valence-electron chi connectivity index (χ3n) is 2.05. The van der Waals surface area contributed by atoms with Crippen molar-refractivity contribution in [2.75, 3.05) is 13.2 Å². The summed E-state index contributed by atoms with van der Waals surface area (Å²) < 4.78 is 0. The fraction of sp³-hybridized carbons (Fsp3) is 0.500. The molecule has 0 fully saturated rings. The van der Waals surface area contributed by atoms with Crippen LogP contribution in [0.1, 0.15) is 11.1 Å². The lowest BCUT2D eigenvalue weighted by Gasteiger charge is -2.09. The smallest absolute Gasteiger partial charge is 0.0895 e. The van der Waals surface area contributed by atoms with Crippen molar-refractivity contribution in [2.24, 2.45) is 0 Å². The molecular formula is C10H16N2O2. The average Bonchev–Trinajstić information content (AvgIpc) is 2.20. The van der Waals surface area contributed by atoms with Gasteiger partial charge in [-0.25, -0.2) is 0 Å². The van der Waals surface area contributed by atoms with Crippen LogP contribution in [0.2, 0.25) is 0 Å². The minimum atomic E-state index is -0.688. The van der Waals surface area contributed by atoms with E-state index in [1.165, 1.54) is 5.56 Å². The van der Waals surface area contributed by atoms with Crippen LogP contribution in [0.4, 0.5) is 0 Å². The number of pyridine rings is 1. The van der Waals surface area contributed by atoms with Gasteiger partial charge in [0.15, 0.2) is 0 Å². The molecule has 0 aliphatic heterocycles. The highest BCUT2D eigenvalue weighted by Gasteiger charge is 2.01. The Balaban J connectivity index is 2.35. The molecule has 1 aromatic rings. The highest BCUT2D eigenvalue weighted by atomic mass is 16.3. The highest BCUT2D eigenvalue weighted by Crippen LogP contribution is 2.03. The van der Waals surface area contributed by atoms with Crippen molar-refractivity contribution >= 4 is 0 Å². The molecule has 1 aromatic heterocycles. The van der Waals surface area contributed by atoms with Crippen LogP contribution in [0, 0.1) is 6.92 Å². The van der Waals surface area contributed by atoms with Crippen molar-refractivity contribution in [2.45, 2.75) is 19.6 Å². The van der Waals surface area contributed by atoms with Crippen LogP contribution in [-0.4, -0.2) is 34.5 Å². The molecule has 3 N–H and O–H groups in total. The topological polar surface area (TPSA) is 65.4 Å². The van der Waals surface area contributed by atoms with Crippen LogP contribution in [0.15, 0.2) is 18.5 Å². The van der Waals surface area contributed by atoms with E-state index in [0.29, 0.717) is 13.1 Å². The second-order valence-electron chi connectivity index (χ2n) is 3.27. The van der Waals surface area contributed by atoms with Crippen LogP contribution in [0.25, 0.3) is 0 Å². The monoisotopic (exact) mass is 196 g/mol. The number of aromatic nitrogens is 1. The first kappa shape index (κ1) is 11.1. The Labute approximate surface area is 83.6 Å². The maximum Gasteiger partial charge on any atom is 0.0895 e. The number of aryl methyl sites for hydroxylation is 1. The molecule has 1 rings (SSSR count). The summed E-state index contributed by atoms with van der Waals surface area (Å²) in [6.07, 6.45) is 2.86. The van der Waals surface area contributed by atoms with Gasteiger partial charge < -0.3 is 15.5 Å². The van der Waals surface area contributed by atoms with Gasteiger partial charge in [-0.3, -0.25) is 4.98 Å². The first-order valence-electron chi connectivity index (χ1n) is 4.63. The predicted octanol–water partition coefficient (Wildman–Crippen LogP) is -0.167. The number of hydrogen-bond acceptors (Lipinski definition) is 4. The third kappa shape index (κ3) is 3.41. The fourth-order valence-corrected chi connectivity index (χ4v) is 1.12. The predicted molar refractivity (Wildman–Crippen MR) is 53.8 cm³/mol. The summed E-state index contributed by atoms with van der Waals surface area (Å²) in [5.41, 5.74) is 2.28. The molecule has 0 radical (unpaired) electrons. The van der Waals surface area contributed by atoms with Crippen molar-refractivity contribution in [1.82, 2.24) is 10.3 Å². The van der Waals surface area contributed by atoms with Gasteiger partial charge in [0.1, 0.15) is 0 Å². The van der Waals surface area contributed by atoms with E-state index in [2.05, 4.69) is 10.3 Å². The van der Waals surface area contributed by atoms with Gasteiger partial charge in [-0.1, -0.05) is 0 Å². The minimum absolute atomic E-state index is 0.209. The number of aliphatic hydroxyl groups is 2. The maximum atomic E-state index is 9.08. The number of nitrogens with one attached hydrogen (secondary N) is 1. The molecule has 0 amide bonds. The minimum Gasteiger partial charge on any atom is -0.394 e. The molecule has 0 bridgehead atoms. The molecule has 0 aliphatic carbocycles. The van der Waals surface area contributed by atoms with E-state index >= 15 is 0 Å². The van der Waals surface area contributed by atoms with Gasteiger partial charge >= 0.3 is 0 Å². The largest absolute Gasteiger partial charge is 0.394 e. The Kier molecular flexibility index (Phi) is 4.52. The first-order valence-corrected chi connectivity index (χ1v) is 4.63. The molecule has 14 heavy (non-hydrogen) atoms. The van der Waals surface area contributed by atoms with E-state index in [9.17, 15) is 0 Å². The molecule has 0 unspecified atom stereocenters. The van der Waals surface area contributed by atoms with E-state index in [1.54, 1.807) is 12.4 Å². The van der Waals surface area contributed by atoms with Gasteiger partial charge in [0, 0.05) is 25.5 Å². The maximum absolute atomic E-state index is 9.08. The Morgan fingerprint density at radius 1 is 1.57 bits per heavy atom. The van der Waals surface area contributed by atoms with Gasteiger partial charge in [-0.15, -0.1) is 0 Å². The average molecular weight is 196 g/mol. The lowest BCUT2D eigenvalue weighted by Crippen LogP contribution is -2.29. The van der Waals surface area contributed by atoms with Crippen LogP contribution < -0.4 is 5.32 Å². The van der Waals surface area contributed by atoms with Crippen molar-refractivity contribution < 1.29 is 10.2 Å². The second kappa shape index (κ2) is 5.70. The molecule has 1 heterocycles. The van der Waals surface area contributed by atoms with Gasteiger partial charge in [0.2, 0.25) is 0 Å². The van der Waals surface area contributed by atoms with Crippen molar-refractivity contribution in [1.29, 1.82) is 0 Å². The Bertz CT molecular complexity index is 279. The number of nitrogens with zero attached hydrogens (tertiary/aromatic N) is 1. The van der Waals surface area contributed by atoms with Gasteiger partial charge in [-0.05, 0) is 24.1 Å². The number of aliphatic hydroxyl groups excluding tert-OH is 2. The molecule has 0 saturated heterocycles. The highest BCUT2D eigenvalue weighted by molar-refractivity contribution is 5.20. The fourth-order valence-electron chi connectivity index (χ4n) is 1.12. The van der Waals surface area contributed by atoms with Gasteiger partial charge in [-0.2, -0.15) is 0 Å². The molecule has 4 heteroatoms. The van der Waals surface area contributed by atoms with Gasteiger partial charge in [0.25, 0.3) is 0 Å². The van der Waals surface area contributed by atoms with Crippen LogP contribution >= 0.6 is 0 Å². The van der Waals surface area contributed by atoms with E-state index in [1.807, 2.05) is 13.0 Å². The zero-order valence-corrected chi connectivity index (χ0v) is 8.27. The Hall–Kier alpha value is -0.970. The van der Waals surface area contributed by atoms with E-state index in [-0.39, 0.29) is 6.61 Å². The number of hydrogen-bond donors (Lipinski definition) is 3. The lowest BCUT2D eigenvalue weighted by molar-refractivity contribution is 0.0942. The molecule has 0 spiro atoms. The van der Waals surface area contributed by atoms with E-state index in [0.717, 1.165) is 5.56 Å². The summed E-state index contributed by atoms with van der Waals surface area (Å²) in [6.45, 7) is 2.86. The molecule has 78 valence electrons. The summed E-state index contributed by atoms with van der Waals surface area (Å²) in [6, 6.07) is 1.94.